The summed E-state index contributed by atoms with van der Waals surface area (Å²) in [6.07, 6.45) is 0. The number of rotatable bonds is 6. The zero-order valence-electron chi connectivity index (χ0n) is 15.1. The van der Waals surface area contributed by atoms with Gasteiger partial charge >= 0.3 is 0 Å². The van der Waals surface area contributed by atoms with Gasteiger partial charge in [0.05, 0.1) is 30.9 Å². The van der Waals surface area contributed by atoms with Gasteiger partial charge in [-0.3, -0.25) is 4.99 Å². The average molecular weight is 411 g/mol. The number of benzene rings is 1. The summed E-state index contributed by atoms with van der Waals surface area (Å²) in [5.41, 5.74) is 1.92. The predicted octanol–water partition coefficient (Wildman–Crippen LogP) is 2.94. The van der Waals surface area contributed by atoms with Gasteiger partial charge in [-0.25, -0.2) is 4.98 Å². The van der Waals surface area contributed by atoms with Crippen LogP contribution in [0.2, 0.25) is 0 Å². The van der Waals surface area contributed by atoms with Crippen LogP contribution in [0.4, 0.5) is 0 Å². The van der Waals surface area contributed by atoms with E-state index in [9.17, 15) is 0 Å². The van der Waals surface area contributed by atoms with Crippen molar-refractivity contribution < 1.29 is 13.9 Å². The zero-order valence-corrected chi connectivity index (χ0v) is 16.7. The van der Waals surface area contributed by atoms with Crippen molar-refractivity contribution in [3.05, 3.63) is 39.5 Å². The van der Waals surface area contributed by atoms with Gasteiger partial charge in [-0.1, -0.05) is 0 Å². The molecule has 0 saturated carbocycles. The fourth-order valence-corrected chi connectivity index (χ4v) is 2.91. The third-order valence-corrected chi connectivity index (χ3v) is 4.25. The Bertz CT molecular complexity index is 739. The SMILES string of the molecule is CN=C(NCc1cc(Br)c(OC)c(OC)c1)NCc1nc(C)c(C)o1. The number of nitrogens with one attached hydrogen (secondary N) is 2. The normalized spacial score (nSPS) is 11.4. The number of aliphatic imine (C=N–C) groups is 1. The smallest absolute Gasteiger partial charge is 0.214 e. The van der Waals surface area contributed by atoms with E-state index in [4.69, 9.17) is 13.9 Å². The van der Waals surface area contributed by atoms with Crippen LogP contribution in [0.15, 0.2) is 26.0 Å². The summed E-state index contributed by atoms with van der Waals surface area (Å²) in [5.74, 6) is 3.45. The Kier molecular flexibility index (Phi) is 6.69. The fraction of sp³-hybridized carbons (Fsp3) is 0.412. The van der Waals surface area contributed by atoms with Crippen molar-refractivity contribution in [1.29, 1.82) is 0 Å². The van der Waals surface area contributed by atoms with Gasteiger partial charge in [-0.15, -0.1) is 0 Å². The molecule has 0 atom stereocenters. The van der Waals surface area contributed by atoms with Crippen molar-refractivity contribution in [2.45, 2.75) is 26.9 Å². The van der Waals surface area contributed by atoms with E-state index in [0.717, 1.165) is 21.5 Å². The number of ether oxygens (including phenoxy) is 2. The van der Waals surface area contributed by atoms with E-state index in [1.54, 1.807) is 21.3 Å². The molecule has 25 heavy (non-hydrogen) atoms. The Morgan fingerprint density at radius 1 is 1.20 bits per heavy atom. The number of halogens is 1. The quantitative estimate of drug-likeness (QED) is 0.562. The summed E-state index contributed by atoms with van der Waals surface area (Å²) in [6.45, 7) is 4.85. The molecule has 0 unspecified atom stereocenters. The molecule has 0 radical (unpaired) electrons. The van der Waals surface area contributed by atoms with E-state index in [-0.39, 0.29) is 0 Å². The van der Waals surface area contributed by atoms with E-state index < -0.39 is 0 Å². The molecular formula is C17H23BrN4O3. The van der Waals surface area contributed by atoms with Crippen LogP contribution in [0.1, 0.15) is 22.9 Å². The van der Waals surface area contributed by atoms with Gasteiger partial charge in [-0.05, 0) is 47.5 Å². The molecule has 0 aliphatic carbocycles. The standard InChI is InChI=1S/C17H23BrN4O3/c1-10-11(2)25-15(22-10)9-21-17(19-3)20-8-12-6-13(18)16(24-5)14(7-12)23-4/h6-7H,8-9H2,1-5H3,(H2,19,20,21). The van der Waals surface area contributed by atoms with E-state index in [1.807, 2.05) is 26.0 Å². The van der Waals surface area contributed by atoms with Crippen molar-refractivity contribution >= 4 is 21.9 Å². The molecule has 1 heterocycles. The minimum absolute atomic E-state index is 0.462. The van der Waals surface area contributed by atoms with Gasteiger partial charge in [0, 0.05) is 13.6 Å². The monoisotopic (exact) mass is 410 g/mol. The molecule has 0 spiro atoms. The zero-order chi connectivity index (χ0) is 18.4. The molecule has 2 rings (SSSR count). The minimum atomic E-state index is 0.462. The first-order valence-corrected chi connectivity index (χ1v) is 8.55. The van der Waals surface area contributed by atoms with E-state index in [1.165, 1.54) is 0 Å². The Labute approximate surface area is 156 Å². The van der Waals surface area contributed by atoms with Gasteiger partial charge in [0.2, 0.25) is 5.89 Å². The summed E-state index contributed by atoms with van der Waals surface area (Å²) in [5, 5.41) is 6.42. The first kappa shape index (κ1) is 19.1. The molecule has 0 fully saturated rings. The molecule has 7 nitrogen and oxygen atoms in total. The van der Waals surface area contributed by atoms with Gasteiger partial charge in [0.1, 0.15) is 5.76 Å². The highest BCUT2D eigenvalue weighted by Crippen LogP contribution is 2.36. The molecule has 136 valence electrons. The maximum atomic E-state index is 5.55. The lowest BCUT2D eigenvalue weighted by Crippen LogP contribution is -2.36. The van der Waals surface area contributed by atoms with Crippen molar-refractivity contribution in [3.8, 4) is 11.5 Å². The van der Waals surface area contributed by atoms with Crippen LogP contribution < -0.4 is 20.1 Å². The topological polar surface area (TPSA) is 80.9 Å². The van der Waals surface area contributed by atoms with Crippen molar-refractivity contribution in [3.63, 3.8) is 0 Å². The van der Waals surface area contributed by atoms with Crippen LogP contribution in [-0.2, 0) is 13.1 Å². The molecule has 0 amide bonds. The third kappa shape index (κ3) is 4.88. The number of hydrogen-bond acceptors (Lipinski definition) is 5. The average Bonchev–Trinajstić information content (AvgIpc) is 2.92. The first-order chi connectivity index (χ1) is 12.0. The second-order valence-electron chi connectivity index (χ2n) is 5.34. The lowest BCUT2D eigenvalue weighted by Gasteiger charge is -2.14. The minimum Gasteiger partial charge on any atom is -0.493 e. The molecule has 0 aliphatic heterocycles. The van der Waals surface area contributed by atoms with Gasteiger partial charge < -0.3 is 24.5 Å². The number of methoxy groups -OCH3 is 2. The Morgan fingerprint density at radius 3 is 2.48 bits per heavy atom. The van der Waals surface area contributed by atoms with E-state index >= 15 is 0 Å². The lowest BCUT2D eigenvalue weighted by atomic mass is 10.2. The summed E-state index contributed by atoms with van der Waals surface area (Å²) >= 11 is 3.49. The highest BCUT2D eigenvalue weighted by atomic mass is 79.9. The molecule has 0 bridgehead atoms. The number of guanidine groups is 1. The van der Waals surface area contributed by atoms with Gasteiger partial charge in [0.25, 0.3) is 0 Å². The van der Waals surface area contributed by atoms with Gasteiger partial charge in [0.15, 0.2) is 17.5 Å². The number of aromatic nitrogens is 1. The summed E-state index contributed by atoms with van der Waals surface area (Å²) < 4.78 is 17.1. The predicted molar refractivity (Wildman–Crippen MR) is 100 cm³/mol. The summed E-state index contributed by atoms with van der Waals surface area (Å²) in [7, 11) is 4.94. The number of aryl methyl sites for hydroxylation is 2. The van der Waals surface area contributed by atoms with Crippen LogP contribution in [0.25, 0.3) is 0 Å². The molecule has 0 saturated heterocycles. The largest absolute Gasteiger partial charge is 0.493 e. The lowest BCUT2D eigenvalue weighted by molar-refractivity contribution is 0.352. The number of nitrogens with zero attached hydrogens (tertiary/aromatic N) is 2. The van der Waals surface area contributed by atoms with Crippen LogP contribution >= 0.6 is 15.9 Å². The van der Waals surface area contributed by atoms with Gasteiger partial charge in [-0.2, -0.15) is 0 Å². The van der Waals surface area contributed by atoms with Crippen LogP contribution in [0.5, 0.6) is 11.5 Å². The second-order valence-corrected chi connectivity index (χ2v) is 6.20. The molecule has 2 aromatic rings. The first-order valence-electron chi connectivity index (χ1n) is 7.76. The fourth-order valence-electron chi connectivity index (χ4n) is 2.25. The second kappa shape index (κ2) is 8.75. The van der Waals surface area contributed by atoms with Crippen molar-refractivity contribution in [1.82, 2.24) is 15.6 Å². The Hall–Kier alpha value is -2.22. The van der Waals surface area contributed by atoms with Crippen LogP contribution in [0, 0.1) is 13.8 Å². The summed E-state index contributed by atoms with van der Waals surface area (Å²) in [6, 6.07) is 3.90. The Balaban J connectivity index is 1.97. The molecule has 2 N–H and O–H groups in total. The molecule has 0 aliphatic rings. The van der Waals surface area contributed by atoms with Crippen LogP contribution in [0.3, 0.4) is 0 Å². The van der Waals surface area contributed by atoms with E-state index in [2.05, 4.69) is 36.5 Å². The maximum Gasteiger partial charge on any atom is 0.214 e. The van der Waals surface area contributed by atoms with Crippen LogP contribution in [-0.4, -0.2) is 32.2 Å². The highest BCUT2D eigenvalue weighted by Gasteiger charge is 2.11. The molecule has 1 aromatic carbocycles. The molecule has 8 heteroatoms. The number of hydrogen-bond donors (Lipinski definition) is 2. The molecule has 1 aromatic heterocycles. The molecular weight excluding hydrogens is 388 g/mol. The third-order valence-electron chi connectivity index (χ3n) is 3.66. The highest BCUT2D eigenvalue weighted by molar-refractivity contribution is 9.10. The van der Waals surface area contributed by atoms with Crippen molar-refractivity contribution in [2.24, 2.45) is 4.99 Å². The number of oxazole rings is 1. The van der Waals surface area contributed by atoms with Crippen molar-refractivity contribution in [2.75, 3.05) is 21.3 Å². The summed E-state index contributed by atoms with van der Waals surface area (Å²) in [4.78, 5) is 8.54. The maximum absolute atomic E-state index is 5.55. The van der Waals surface area contributed by atoms with E-state index in [0.29, 0.717) is 36.4 Å². The Morgan fingerprint density at radius 2 is 1.92 bits per heavy atom.